The Labute approximate surface area is 114 Å². The van der Waals surface area contributed by atoms with Gasteiger partial charge in [0.05, 0.1) is 5.56 Å². The van der Waals surface area contributed by atoms with E-state index in [-0.39, 0.29) is 0 Å². The summed E-state index contributed by atoms with van der Waals surface area (Å²) in [6, 6.07) is 3.64. The standard InChI is InChI=1S/C13H17BrF3N/c1-9(2)4-3-7-18-12-8-10(13(15,16)17)5-6-11(12)14/h5-6,8-9,18H,3-4,7H2,1-2H3. The fourth-order valence-corrected chi connectivity index (χ4v) is 1.96. The SMILES string of the molecule is CC(C)CCCNc1cc(C(F)(F)F)ccc1Br. The summed E-state index contributed by atoms with van der Waals surface area (Å²) in [5, 5.41) is 3.03. The number of benzene rings is 1. The zero-order valence-corrected chi connectivity index (χ0v) is 12.0. The Morgan fingerprint density at radius 2 is 1.94 bits per heavy atom. The normalized spacial score (nSPS) is 11.9. The first-order chi connectivity index (χ1) is 8.30. The van der Waals surface area contributed by atoms with Crippen LogP contribution < -0.4 is 5.32 Å². The fraction of sp³-hybridized carbons (Fsp3) is 0.538. The highest BCUT2D eigenvalue weighted by atomic mass is 79.9. The van der Waals surface area contributed by atoms with Gasteiger partial charge in [0, 0.05) is 16.7 Å². The molecule has 0 aliphatic heterocycles. The number of hydrogen-bond donors (Lipinski definition) is 1. The lowest BCUT2D eigenvalue weighted by molar-refractivity contribution is -0.137. The van der Waals surface area contributed by atoms with Gasteiger partial charge in [-0.1, -0.05) is 13.8 Å². The monoisotopic (exact) mass is 323 g/mol. The third-order valence-electron chi connectivity index (χ3n) is 2.57. The Hall–Kier alpha value is -0.710. The van der Waals surface area contributed by atoms with Crippen molar-refractivity contribution in [3.8, 4) is 0 Å². The topological polar surface area (TPSA) is 12.0 Å². The number of nitrogens with one attached hydrogen (secondary N) is 1. The van der Waals surface area contributed by atoms with Crippen molar-refractivity contribution >= 4 is 21.6 Å². The minimum Gasteiger partial charge on any atom is -0.384 e. The molecule has 1 rings (SSSR count). The molecule has 0 aliphatic carbocycles. The summed E-state index contributed by atoms with van der Waals surface area (Å²) in [4.78, 5) is 0. The van der Waals surface area contributed by atoms with Crippen molar-refractivity contribution in [2.75, 3.05) is 11.9 Å². The summed E-state index contributed by atoms with van der Waals surface area (Å²) in [7, 11) is 0. The van der Waals surface area contributed by atoms with Gasteiger partial charge in [0.1, 0.15) is 0 Å². The molecule has 1 aromatic rings. The van der Waals surface area contributed by atoms with Gasteiger partial charge in [0.25, 0.3) is 0 Å². The van der Waals surface area contributed by atoms with E-state index >= 15 is 0 Å². The zero-order chi connectivity index (χ0) is 13.8. The molecule has 0 saturated carbocycles. The van der Waals surface area contributed by atoms with E-state index in [1.165, 1.54) is 6.07 Å². The van der Waals surface area contributed by atoms with Crippen molar-refractivity contribution in [3.63, 3.8) is 0 Å². The van der Waals surface area contributed by atoms with Crippen LogP contribution in [-0.4, -0.2) is 6.54 Å². The summed E-state index contributed by atoms with van der Waals surface area (Å²) in [6.07, 6.45) is -2.29. The lowest BCUT2D eigenvalue weighted by Gasteiger charge is -2.13. The van der Waals surface area contributed by atoms with E-state index in [1.807, 2.05) is 0 Å². The molecule has 0 unspecified atom stereocenters. The van der Waals surface area contributed by atoms with Crippen LogP contribution in [0.25, 0.3) is 0 Å². The first-order valence-corrected chi connectivity index (χ1v) is 6.70. The predicted octanol–water partition coefficient (Wildman–Crippen LogP) is 5.32. The minimum absolute atomic E-state index is 0.494. The molecule has 0 aliphatic rings. The number of rotatable bonds is 5. The second kappa shape index (κ2) is 6.45. The minimum atomic E-state index is -4.30. The van der Waals surface area contributed by atoms with Gasteiger partial charge in [-0.15, -0.1) is 0 Å². The van der Waals surface area contributed by atoms with E-state index in [4.69, 9.17) is 0 Å². The molecule has 0 bridgehead atoms. The molecule has 0 amide bonds. The van der Waals surface area contributed by atoms with Crippen LogP contribution >= 0.6 is 15.9 Å². The molecule has 0 aromatic heterocycles. The maximum atomic E-state index is 12.6. The van der Waals surface area contributed by atoms with Gasteiger partial charge in [0.15, 0.2) is 0 Å². The van der Waals surface area contributed by atoms with Crippen LogP contribution in [0.1, 0.15) is 32.3 Å². The summed E-state index contributed by atoms with van der Waals surface area (Å²) in [5.41, 5.74) is -0.134. The zero-order valence-electron chi connectivity index (χ0n) is 10.4. The lowest BCUT2D eigenvalue weighted by Crippen LogP contribution is -2.08. The van der Waals surface area contributed by atoms with Crippen molar-refractivity contribution in [3.05, 3.63) is 28.2 Å². The predicted molar refractivity (Wildman–Crippen MR) is 71.7 cm³/mol. The molecule has 0 heterocycles. The van der Waals surface area contributed by atoms with E-state index in [0.717, 1.165) is 25.0 Å². The number of halogens is 4. The Balaban J connectivity index is 2.64. The van der Waals surface area contributed by atoms with E-state index in [1.54, 1.807) is 0 Å². The Kier molecular flexibility index (Phi) is 5.50. The van der Waals surface area contributed by atoms with Crippen molar-refractivity contribution < 1.29 is 13.2 Å². The third-order valence-corrected chi connectivity index (χ3v) is 3.26. The number of hydrogen-bond acceptors (Lipinski definition) is 1. The molecule has 1 N–H and O–H groups in total. The van der Waals surface area contributed by atoms with Crippen LogP contribution in [0, 0.1) is 5.92 Å². The van der Waals surface area contributed by atoms with Crippen LogP contribution in [0.4, 0.5) is 18.9 Å². The highest BCUT2D eigenvalue weighted by Gasteiger charge is 2.30. The first kappa shape index (κ1) is 15.3. The van der Waals surface area contributed by atoms with Crippen molar-refractivity contribution in [1.82, 2.24) is 0 Å². The van der Waals surface area contributed by atoms with Crippen molar-refractivity contribution in [2.24, 2.45) is 5.92 Å². The molecule has 0 atom stereocenters. The van der Waals surface area contributed by atoms with E-state index in [2.05, 4.69) is 35.1 Å². The second-order valence-electron chi connectivity index (χ2n) is 4.66. The molecule has 1 aromatic carbocycles. The maximum absolute atomic E-state index is 12.6. The fourth-order valence-electron chi connectivity index (χ4n) is 1.57. The van der Waals surface area contributed by atoms with Crippen molar-refractivity contribution in [1.29, 1.82) is 0 Å². The van der Waals surface area contributed by atoms with Gasteiger partial charge in [-0.3, -0.25) is 0 Å². The summed E-state index contributed by atoms with van der Waals surface area (Å²) < 4.78 is 38.3. The third kappa shape index (κ3) is 4.88. The van der Waals surface area contributed by atoms with Gasteiger partial charge < -0.3 is 5.32 Å². The quantitative estimate of drug-likeness (QED) is 0.723. The summed E-state index contributed by atoms with van der Waals surface area (Å²) in [5.74, 6) is 0.608. The second-order valence-corrected chi connectivity index (χ2v) is 5.51. The molecule has 0 saturated heterocycles. The van der Waals surface area contributed by atoms with Gasteiger partial charge in [-0.2, -0.15) is 13.2 Å². The molecule has 5 heteroatoms. The summed E-state index contributed by atoms with van der Waals surface area (Å²) >= 11 is 3.25. The molecule has 0 fully saturated rings. The lowest BCUT2D eigenvalue weighted by atomic mass is 10.1. The van der Waals surface area contributed by atoms with Crippen LogP contribution in [-0.2, 0) is 6.18 Å². The van der Waals surface area contributed by atoms with Crippen LogP contribution in [0.3, 0.4) is 0 Å². The first-order valence-electron chi connectivity index (χ1n) is 5.91. The van der Waals surface area contributed by atoms with Gasteiger partial charge in [0.2, 0.25) is 0 Å². The smallest absolute Gasteiger partial charge is 0.384 e. The van der Waals surface area contributed by atoms with Crippen molar-refractivity contribution in [2.45, 2.75) is 32.9 Å². The van der Waals surface area contributed by atoms with Gasteiger partial charge in [-0.25, -0.2) is 0 Å². The van der Waals surface area contributed by atoms with E-state index in [9.17, 15) is 13.2 Å². The highest BCUT2D eigenvalue weighted by molar-refractivity contribution is 9.10. The maximum Gasteiger partial charge on any atom is 0.416 e. The van der Waals surface area contributed by atoms with E-state index < -0.39 is 11.7 Å². The molecule has 18 heavy (non-hydrogen) atoms. The Bertz CT molecular complexity index is 388. The molecular formula is C13H17BrF3N. The highest BCUT2D eigenvalue weighted by Crippen LogP contribution is 2.33. The van der Waals surface area contributed by atoms with Crippen LogP contribution in [0.15, 0.2) is 22.7 Å². The Morgan fingerprint density at radius 1 is 1.28 bits per heavy atom. The Morgan fingerprint density at radius 3 is 2.50 bits per heavy atom. The largest absolute Gasteiger partial charge is 0.416 e. The van der Waals surface area contributed by atoms with E-state index in [0.29, 0.717) is 22.6 Å². The molecule has 0 spiro atoms. The number of anilines is 1. The summed E-state index contributed by atoms with van der Waals surface area (Å²) in [6.45, 7) is 4.93. The molecule has 102 valence electrons. The number of alkyl halides is 3. The molecule has 1 nitrogen and oxygen atoms in total. The molecule has 0 radical (unpaired) electrons. The average molecular weight is 324 g/mol. The average Bonchev–Trinajstić information content (AvgIpc) is 2.24. The van der Waals surface area contributed by atoms with Gasteiger partial charge >= 0.3 is 6.18 Å². The van der Waals surface area contributed by atoms with Gasteiger partial charge in [-0.05, 0) is 52.9 Å². The molecular weight excluding hydrogens is 307 g/mol. The van der Waals surface area contributed by atoms with Crippen LogP contribution in [0.2, 0.25) is 0 Å². The van der Waals surface area contributed by atoms with Crippen LogP contribution in [0.5, 0.6) is 0 Å².